The number of hydrogen-bond donors (Lipinski definition) is 3. The number of carbonyl (C=O) groups is 2. The summed E-state index contributed by atoms with van der Waals surface area (Å²) in [6, 6.07) is 12.3. The summed E-state index contributed by atoms with van der Waals surface area (Å²) in [6.45, 7) is 5.21. The van der Waals surface area contributed by atoms with Crippen LogP contribution in [0.1, 0.15) is 39.0 Å². The number of aryl methyl sites for hydroxylation is 2. The maximum atomic E-state index is 13.2. The molecule has 11 nitrogen and oxygen atoms in total. The fourth-order valence-electron chi connectivity index (χ4n) is 4.05. The highest BCUT2D eigenvalue weighted by atomic mass is 35.5. The number of nitrogens with one attached hydrogen (secondary N) is 1. The second-order valence-electron chi connectivity index (χ2n) is 8.54. The number of allylic oxidation sites excluding steroid dienone is 1. The number of methoxy groups -OCH3 is 1. The minimum Gasteiger partial charge on any atom is -0.497 e. The van der Waals surface area contributed by atoms with Gasteiger partial charge in [-0.05, 0) is 49.7 Å². The van der Waals surface area contributed by atoms with Gasteiger partial charge in [0.1, 0.15) is 29.3 Å². The zero-order valence-electron chi connectivity index (χ0n) is 22.0. The van der Waals surface area contributed by atoms with Gasteiger partial charge in [0.2, 0.25) is 11.9 Å². The Kier molecular flexibility index (Phi) is 9.69. The number of nitrogens with two attached hydrogens (primary N) is 2. The number of hydrogen-bond acceptors (Lipinski definition) is 7. The van der Waals surface area contributed by atoms with Gasteiger partial charge in [-0.15, -0.1) is 12.4 Å². The Hall–Kier alpha value is -4.35. The van der Waals surface area contributed by atoms with E-state index in [1.165, 1.54) is 0 Å². The molecule has 2 amide bonds. The van der Waals surface area contributed by atoms with Crippen LogP contribution >= 0.6 is 12.4 Å². The molecule has 0 saturated heterocycles. The number of halogens is 1. The predicted molar refractivity (Wildman–Crippen MR) is 152 cm³/mol. The largest absolute Gasteiger partial charge is 0.497 e. The minimum absolute atomic E-state index is 0. The first-order valence-electron chi connectivity index (χ1n) is 12.1. The van der Waals surface area contributed by atoms with E-state index in [1.807, 2.05) is 50.3 Å². The lowest BCUT2D eigenvalue weighted by Gasteiger charge is -2.13. The van der Waals surface area contributed by atoms with E-state index in [-0.39, 0.29) is 36.4 Å². The lowest BCUT2D eigenvalue weighted by Crippen LogP contribution is -2.20. The number of amides is 2. The molecule has 0 fully saturated rings. The van der Waals surface area contributed by atoms with Crippen LogP contribution in [0.5, 0.6) is 11.5 Å². The molecule has 0 radical (unpaired) electrons. The number of carbonyl (C=O) groups excluding carboxylic acids is 2. The van der Waals surface area contributed by atoms with E-state index < -0.39 is 5.91 Å². The molecule has 4 rings (SSSR count). The summed E-state index contributed by atoms with van der Waals surface area (Å²) >= 11 is 0. The Morgan fingerprint density at radius 2 is 1.87 bits per heavy atom. The third-order valence-corrected chi connectivity index (χ3v) is 5.90. The number of aromatic nitrogens is 4. The molecule has 0 saturated carbocycles. The molecule has 12 heteroatoms. The molecule has 5 N–H and O–H groups in total. The maximum absolute atomic E-state index is 13.2. The Balaban J connectivity index is 0.00000420. The van der Waals surface area contributed by atoms with Crippen molar-refractivity contribution in [3.63, 3.8) is 0 Å². The van der Waals surface area contributed by atoms with E-state index in [9.17, 15) is 9.59 Å². The lowest BCUT2D eigenvalue weighted by molar-refractivity contribution is 0.0995. The Morgan fingerprint density at radius 3 is 2.51 bits per heavy atom. The summed E-state index contributed by atoms with van der Waals surface area (Å²) < 4.78 is 14.8. The van der Waals surface area contributed by atoms with E-state index in [1.54, 1.807) is 34.6 Å². The third kappa shape index (κ3) is 6.57. The number of rotatable bonds is 11. The van der Waals surface area contributed by atoms with Crippen molar-refractivity contribution < 1.29 is 19.1 Å². The zero-order chi connectivity index (χ0) is 27.2. The van der Waals surface area contributed by atoms with Crippen molar-refractivity contribution >= 4 is 41.2 Å². The first-order valence-corrected chi connectivity index (χ1v) is 12.1. The van der Waals surface area contributed by atoms with Gasteiger partial charge in [0.05, 0.1) is 18.3 Å². The normalized spacial score (nSPS) is 11.0. The topological polar surface area (TPSA) is 152 Å². The summed E-state index contributed by atoms with van der Waals surface area (Å²) in [6.07, 6.45) is 3.68. The molecule has 2 aromatic carbocycles. The van der Waals surface area contributed by atoms with Crippen molar-refractivity contribution in [3.05, 3.63) is 77.1 Å². The molecule has 39 heavy (non-hydrogen) atoms. The van der Waals surface area contributed by atoms with E-state index in [4.69, 9.17) is 20.9 Å². The highest BCUT2D eigenvalue weighted by Crippen LogP contribution is 2.32. The van der Waals surface area contributed by atoms with Crippen molar-refractivity contribution in [2.24, 2.45) is 11.5 Å². The smallest absolute Gasteiger partial charge is 0.276 e. The molecule has 0 bridgehead atoms. The van der Waals surface area contributed by atoms with Crippen molar-refractivity contribution in [2.45, 2.75) is 33.5 Å². The second-order valence-corrected chi connectivity index (χ2v) is 8.54. The van der Waals surface area contributed by atoms with E-state index in [0.29, 0.717) is 42.1 Å². The molecule has 0 atom stereocenters. The highest BCUT2D eigenvalue weighted by Gasteiger charge is 2.21. The molecule has 0 aliphatic heterocycles. The zero-order valence-corrected chi connectivity index (χ0v) is 22.8. The fraction of sp³-hybridized carbons (Fsp3) is 0.259. The van der Waals surface area contributed by atoms with Crippen molar-refractivity contribution in [2.75, 3.05) is 19.0 Å². The van der Waals surface area contributed by atoms with Crippen molar-refractivity contribution in [1.29, 1.82) is 0 Å². The van der Waals surface area contributed by atoms with Gasteiger partial charge in [-0.1, -0.05) is 24.3 Å². The molecule has 4 aromatic rings. The lowest BCUT2D eigenvalue weighted by atomic mass is 10.1. The fourth-order valence-corrected chi connectivity index (χ4v) is 4.05. The Bertz CT molecular complexity index is 1490. The van der Waals surface area contributed by atoms with E-state index >= 15 is 0 Å². The Labute approximate surface area is 232 Å². The van der Waals surface area contributed by atoms with Crippen LogP contribution in [0.15, 0.2) is 54.6 Å². The minimum atomic E-state index is -0.619. The van der Waals surface area contributed by atoms with Crippen LogP contribution in [0.2, 0.25) is 0 Å². The van der Waals surface area contributed by atoms with Crippen LogP contribution in [-0.2, 0) is 19.7 Å². The van der Waals surface area contributed by atoms with Gasteiger partial charge in [0.15, 0.2) is 0 Å². The highest BCUT2D eigenvalue weighted by molar-refractivity contribution is 6.04. The number of fused-ring (bicyclic) bond motifs is 1. The maximum Gasteiger partial charge on any atom is 0.276 e. The van der Waals surface area contributed by atoms with Crippen LogP contribution in [0.4, 0.5) is 5.95 Å². The summed E-state index contributed by atoms with van der Waals surface area (Å²) in [5.41, 5.74) is 14.6. The number of nitrogens with zero attached hydrogens (tertiary/aromatic N) is 4. The molecule has 0 aliphatic carbocycles. The van der Waals surface area contributed by atoms with Crippen LogP contribution in [-0.4, -0.2) is 44.8 Å². The molecule has 2 aromatic heterocycles. The van der Waals surface area contributed by atoms with Gasteiger partial charge in [-0.3, -0.25) is 19.6 Å². The van der Waals surface area contributed by atoms with Gasteiger partial charge < -0.3 is 25.5 Å². The third-order valence-electron chi connectivity index (χ3n) is 5.90. The first-order chi connectivity index (χ1) is 18.3. The SMILES string of the molecule is CCn1nc(C)cc1C(=O)Nc1nc2cc(C(N)=O)cc(OCc3ccc(OC)cc3)c2n1CC=CCN.Cl. The summed E-state index contributed by atoms with van der Waals surface area (Å²) in [5.74, 6) is 0.436. The second kappa shape index (κ2) is 12.9. The van der Waals surface area contributed by atoms with Gasteiger partial charge >= 0.3 is 0 Å². The predicted octanol–water partition coefficient (Wildman–Crippen LogP) is 3.44. The molecule has 0 unspecified atom stereocenters. The number of benzene rings is 2. The Morgan fingerprint density at radius 1 is 1.13 bits per heavy atom. The molecular weight excluding hydrogens is 522 g/mol. The van der Waals surface area contributed by atoms with Gasteiger partial charge in [-0.2, -0.15) is 5.10 Å². The monoisotopic (exact) mass is 553 g/mol. The van der Waals surface area contributed by atoms with Gasteiger partial charge in [0, 0.05) is 25.2 Å². The first kappa shape index (κ1) is 29.2. The van der Waals surface area contributed by atoms with Crippen LogP contribution in [0.3, 0.4) is 0 Å². The van der Waals surface area contributed by atoms with Crippen molar-refractivity contribution in [3.8, 4) is 11.5 Å². The number of imidazole rings is 1. The summed E-state index contributed by atoms with van der Waals surface area (Å²) in [4.78, 5) is 29.9. The summed E-state index contributed by atoms with van der Waals surface area (Å²) in [7, 11) is 1.60. The number of ether oxygens (including phenoxy) is 2. The molecule has 0 aliphatic rings. The van der Waals surface area contributed by atoms with Gasteiger partial charge in [-0.25, -0.2) is 4.98 Å². The van der Waals surface area contributed by atoms with E-state index in [0.717, 1.165) is 17.0 Å². The molecule has 0 spiro atoms. The standard InChI is InChI=1S/C27H31N7O4.ClH/c1-4-34-22(13-17(2)32-34)26(36)31-27-30-21-14-19(25(29)35)15-23(24(21)33(27)12-6-5-11-28)38-16-18-7-9-20(37-3)10-8-18;/h5-10,13-15H,4,11-12,16,28H2,1-3H3,(H2,29,35)(H,30,31,36);1H. The average Bonchev–Trinajstić information content (AvgIpc) is 3.47. The molecular formula is C27H32ClN7O4. The summed E-state index contributed by atoms with van der Waals surface area (Å²) in [5, 5.41) is 7.25. The van der Waals surface area contributed by atoms with Crippen molar-refractivity contribution in [1.82, 2.24) is 19.3 Å². The van der Waals surface area contributed by atoms with Crippen LogP contribution < -0.4 is 26.3 Å². The quantitative estimate of drug-likeness (QED) is 0.240. The molecule has 2 heterocycles. The number of anilines is 1. The van der Waals surface area contributed by atoms with Crippen LogP contribution in [0.25, 0.3) is 11.0 Å². The van der Waals surface area contributed by atoms with Gasteiger partial charge in [0.25, 0.3) is 5.91 Å². The number of primary amides is 1. The van der Waals surface area contributed by atoms with Crippen LogP contribution in [0, 0.1) is 6.92 Å². The van der Waals surface area contributed by atoms with E-state index in [2.05, 4.69) is 15.4 Å². The molecule has 206 valence electrons. The average molecular weight is 554 g/mol.